The molecule has 2 aromatic rings. The quantitative estimate of drug-likeness (QED) is 0.436. The van der Waals surface area contributed by atoms with Crippen LogP contribution in [0.5, 0.6) is 5.75 Å². The van der Waals surface area contributed by atoms with Crippen LogP contribution >= 0.6 is 11.6 Å². The van der Waals surface area contributed by atoms with Gasteiger partial charge in [-0.15, -0.1) is 0 Å². The van der Waals surface area contributed by atoms with Crippen molar-refractivity contribution in [2.45, 2.75) is 39.5 Å². The van der Waals surface area contributed by atoms with Gasteiger partial charge >= 0.3 is 5.97 Å². The maximum Gasteiger partial charge on any atom is 0.343 e. The fraction of sp³-hybridized carbons (Fsp3) is 0.286. The van der Waals surface area contributed by atoms with Gasteiger partial charge in [0.25, 0.3) is 0 Å². The molecule has 1 fully saturated rings. The Kier molecular flexibility index (Phi) is 5.33. The predicted octanol–water partition coefficient (Wildman–Crippen LogP) is 4.64. The second kappa shape index (κ2) is 7.53. The van der Waals surface area contributed by atoms with Crippen LogP contribution in [0.4, 0.5) is 5.69 Å². The lowest BCUT2D eigenvalue weighted by Gasteiger charge is -2.15. The average molecular weight is 386 g/mol. The van der Waals surface area contributed by atoms with Crippen LogP contribution in [-0.4, -0.2) is 17.8 Å². The van der Waals surface area contributed by atoms with E-state index in [2.05, 4.69) is 0 Å². The Morgan fingerprint density at radius 1 is 1.07 bits per heavy atom. The van der Waals surface area contributed by atoms with Crippen molar-refractivity contribution in [3.05, 3.63) is 58.1 Å². The molecule has 27 heavy (non-hydrogen) atoms. The van der Waals surface area contributed by atoms with Gasteiger partial charge in [0.2, 0.25) is 11.8 Å². The van der Waals surface area contributed by atoms with E-state index in [1.165, 1.54) is 0 Å². The van der Waals surface area contributed by atoms with Crippen molar-refractivity contribution in [1.29, 1.82) is 0 Å². The lowest BCUT2D eigenvalue weighted by molar-refractivity contribution is -0.121. The number of amides is 2. The third-order valence-electron chi connectivity index (χ3n) is 4.53. The van der Waals surface area contributed by atoms with Gasteiger partial charge < -0.3 is 4.74 Å². The fourth-order valence-corrected chi connectivity index (χ4v) is 3.43. The molecule has 6 heteroatoms. The number of benzene rings is 2. The normalized spacial score (nSPS) is 14.2. The Balaban J connectivity index is 1.80. The molecule has 0 aromatic heterocycles. The van der Waals surface area contributed by atoms with E-state index in [1.807, 2.05) is 20.8 Å². The topological polar surface area (TPSA) is 63.7 Å². The van der Waals surface area contributed by atoms with E-state index < -0.39 is 5.97 Å². The highest BCUT2D eigenvalue weighted by Crippen LogP contribution is 2.32. The zero-order valence-electron chi connectivity index (χ0n) is 15.4. The van der Waals surface area contributed by atoms with Crippen molar-refractivity contribution < 1.29 is 19.1 Å². The molecular weight excluding hydrogens is 366 g/mol. The van der Waals surface area contributed by atoms with Crippen molar-refractivity contribution in [2.75, 3.05) is 4.90 Å². The number of anilines is 1. The van der Waals surface area contributed by atoms with Crippen molar-refractivity contribution in [3.8, 4) is 5.75 Å². The highest BCUT2D eigenvalue weighted by Gasteiger charge is 2.30. The molecule has 1 aliphatic heterocycles. The summed E-state index contributed by atoms with van der Waals surface area (Å²) in [7, 11) is 0. The molecular formula is C21H20ClNO4. The Morgan fingerprint density at radius 3 is 2.22 bits per heavy atom. The second-order valence-corrected chi connectivity index (χ2v) is 7.26. The Hall–Kier alpha value is -2.66. The molecule has 0 spiro atoms. The molecule has 2 aromatic carbocycles. The highest BCUT2D eigenvalue weighted by molar-refractivity contribution is 6.31. The van der Waals surface area contributed by atoms with Crippen LogP contribution in [0.2, 0.25) is 5.02 Å². The molecule has 0 saturated carbocycles. The van der Waals surface area contributed by atoms with E-state index >= 15 is 0 Å². The number of nitrogens with zero attached hydrogens (tertiary/aromatic N) is 1. The molecule has 0 N–H and O–H groups in total. The molecule has 0 unspecified atom stereocenters. The smallest absolute Gasteiger partial charge is 0.343 e. The van der Waals surface area contributed by atoms with Crippen molar-refractivity contribution in [1.82, 2.24) is 0 Å². The largest absolute Gasteiger partial charge is 0.423 e. The minimum Gasteiger partial charge on any atom is -0.423 e. The first-order chi connectivity index (χ1) is 12.8. The Morgan fingerprint density at radius 2 is 1.67 bits per heavy atom. The van der Waals surface area contributed by atoms with Crippen molar-refractivity contribution in [2.24, 2.45) is 0 Å². The van der Waals surface area contributed by atoms with Crippen molar-refractivity contribution >= 4 is 35.1 Å². The third kappa shape index (κ3) is 3.88. The van der Waals surface area contributed by atoms with Gasteiger partial charge in [0.1, 0.15) is 5.75 Å². The summed E-state index contributed by atoms with van der Waals surface area (Å²) in [6.45, 7) is 5.86. The van der Waals surface area contributed by atoms with E-state index in [-0.39, 0.29) is 30.6 Å². The number of imide groups is 1. The van der Waals surface area contributed by atoms with Gasteiger partial charge in [0, 0.05) is 17.9 Å². The lowest BCUT2D eigenvalue weighted by Crippen LogP contribution is -2.28. The number of hydrogen-bond donors (Lipinski definition) is 0. The van der Waals surface area contributed by atoms with Gasteiger partial charge in [0.05, 0.1) is 11.3 Å². The third-order valence-corrected chi connectivity index (χ3v) is 4.86. The molecule has 140 valence electrons. The molecule has 0 aliphatic carbocycles. The molecule has 1 aliphatic rings. The number of hydrogen-bond acceptors (Lipinski definition) is 4. The molecule has 1 heterocycles. The van der Waals surface area contributed by atoms with E-state index in [0.717, 1.165) is 16.0 Å². The first-order valence-electron chi connectivity index (χ1n) is 8.76. The van der Waals surface area contributed by atoms with Crippen LogP contribution in [0.1, 0.15) is 54.1 Å². The molecule has 0 bridgehead atoms. The van der Waals surface area contributed by atoms with Crippen LogP contribution in [0.3, 0.4) is 0 Å². The number of carbonyl (C=O) groups excluding carboxylic acids is 3. The first kappa shape index (κ1) is 19.1. The van der Waals surface area contributed by atoms with Gasteiger partial charge in [-0.3, -0.25) is 14.5 Å². The summed E-state index contributed by atoms with van der Waals surface area (Å²) >= 11 is 6.25. The monoisotopic (exact) mass is 385 g/mol. The number of carbonyl (C=O) groups is 3. The number of rotatable bonds is 4. The number of aryl methyl sites for hydroxylation is 1. The number of esters is 1. The summed E-state index contributed by atoms with van der Waals surface area (Å²) in [5.41, 5.74) is 2.47. The first-order valence-corrected chi connectivity index (χ1v) is 9.13. The maximum atomic E-state index is 12.5. The summed E-state index contributed by atoms with van der Waals surface area (Å²) in [6, 6.07) is 9.82. The van der Waals surface area contributed by atoms with Crippen LogP contribution < -0.4 is 9.64 Å². The molecule has 3 rings (SSSR count). The van der Waals surface area contributed by atoms with Crippen LogP contribution in [0, 0.1) is 6.92 Å². The number of ether oxygens (including phenoxy) is 1. The summed E-state index contributed by atoms with van der Waals surface area (Å²) < 4.78 is 5.54. The lowest BCUT2D eigenvalue weighted by atomic mass is 10.0. The van der Waals surface area contributed by atoms with E-state index in [9.17, 15) is 14.4 Å². The highest BCUT2D eigenvalue weighted by atomic mass is 35.5. The van der Waals surface area contributed by atoms with Gasteiger partial charge in [-0.2, -0.15) is 0 Å². The molecule has 1 saturated heterocycles. The summed E-state index contributed by atoms with van der Waals surface area (Å²) in [4.78, 5) is 37.2. The van der Waals surface area contributed by atoms with E-state index in [0.29, 0.717) is 22.0 Å². The average Bonchev–Trinajstić information content (AvgIpc) is 2.95. The minimum absolute atomic E-state index is 0.199. The Labute approximate surface area is 162 Å². The number of halogens is 1. The summed E-state index contributed by atoms with van der Waals surface area (Å²) in [6.07, 6.45) is 0.438. The molecule has 5 nitrogen and oxygen atoms in total. The molecule has 0 atom stereocenters. The second-order valence-electron chi connectivity index (χ2n) is 6.85. The van der Waals surface area contributed by atoms with E-state index in [1.54, 1.807) is 36.4 Å². The van der Waals surface area contributed by atoms with E-state index in [4.69, 9.17) is 16.3 Å². The van der Waals surface area contributed by atoms with Gasteiger partial charge in [0.15, 0.2) is 0 Å². The van der Waals surface area contributed by atoms with Gasteiger partial charge in [-0.05, 0) is 60.4 Å². The standard InChI is InChI=1S/C21H20ClNO4/c1-12(2)16-11-18(13(3)10-17(16)22)27-21(26)14-4-6-15(7-5-14)23-19(24)8-9-20(23)25/h4-7,10-12H,8-9H2,1-3H3. The van der Waals surface area contributed by atoms with Crippen LogP contribution in [0.15, 0.2) is 36.4 Å². The molecule has 0 radical (unpaired) electrons. The zero-order chi connectivity index (χ0) is 19.7. The zero-order valence-corrected chi connectivity index (χ0v) is 16.2. The van der Waals surface area contributed by atoms with Crippen LogP contribution in [0.25, 0.3) is 0 Å². The molecule has 2 amide bonds. The minimum atomic E-state index is -0.513. The summed E-state index contributed by atoms with van der Waals surface area (Å²) in [5, 5.41) is 0.645. The fourth-order valence-electron chi connectivity index (χ4n) is 2.99. The summed E-state index contributed by atoms with van der Waals surface area (Å²) in [5.74, 6) is -0.310. The SMILES string of the molecule is Cc1cc(Cl)c(C(C)C)cc1OC(=O)c1ccc(N2C(=O)CCC2=O)cc1. The Bertz CT molecular complexity index is 903. The predicted molar refractivity (Wildman–Crippen MR) is 103 cm³/mol. The van der Waals surface area contributed by atoms with Crippen molar-refractivity contribution in [3.63, 3.8) is 0 Å². The maximum absolute atomic E-state index is 12.5. The van der Waals surface area contributed by atoms with Gasteiger partial charge in [-0.1, -0.05) is 25.4 Å². The van der Waals surface area contributed by atoms with Gasteiger partial charge in [-0.25, -0.2) is 4.79 Å². The van der Waals surface area contributed by atoms with Crippen LogP contribution in [-0.2, 0) is 9.59 Å².